The van der Waals surface area contributed by atoms with Crippen LogP contribution in [0.2, 0.25) is 0 Å². The van der Waals surface area contributed by atoms with Crippen LogP contribution in [0.1, 0.15) is 6.42 Å². The highest BCUT2D eigenvalue weighted by atomic mass is 32.2. The minimum atomic E-state index is -2.92. The zero-order valence-corrected chi connectivity index (χ0v) is 20.9. The fraction of sp³-hybridized carbons (Fsp3) is 0.400. The highest BCUT2D eigenvalue weighted by Gasteiger charge is 2.39. The predicted molar refractivity (Wildman–Crippen MR) is 135 cm³/mol. The monoisotopic (exact) mass is 504 g/mol. The molecular formula is C25H30F2N4O3S. The van der Waals surface area contributed by atoms with E-state index in [4.69, 9.17) is 4.74 Å². The van der Waals surface area contributed by atoms with E-state index in [0.29, 0.717) is 29.3 Å². The fourth-order valence-corrected chi connectivity index (χ4v) is 5.29. The summed E-state index contributed by atoms with van der Waals surface area (Å²) in [5, 5.41) is 0.984. The minimum absolute atomic E-state index is 0.209. The van der Waals surface area contributed by atoms with Gasteiger partial charge in [0.1, 0.15) is 6.54 Å². The number of para-hydroxylation sites is 1. The fourth-order valence-electron chi connectivity index (χ4n) is 4.13. The van der Waals surface area contributed by atoms with Gasteiger partial charge in [0.15, 0.2) is 0 Å². The van der Waals surface area contributed by atoms with Gasteiger partial charge in [0.25, 0.3) is 5.92 Å². The lowest BCUT2D eigenvalue weighted by Crippen LogP contribution is -2.31. The van der Waals surface area contributed by atoms with Crippen LogP contribution < -0.4 is 4.90 Å². The maximum absolute atomic E-state index is 14.0. The van der Waals surface area contributed by atoms with Crippen molar-refractivity contribution in [1.29, 1.82) is 0 Å². The third-order valence-corrected chi connectivity index (χ3v) is 7.99. The summed E-state index contributed by atoms with van der Waals surface area (Å²) in [5.74, 6) is -3.01. The van der Waals surface area contributed by atoms with Gasteiger partial charge in [-0.15, -0.1) is 0 Å². The number of carbonyl (C=O) groups excluding carboxylic acids is 1. The lowest BCUT2D eigenvalue weighted by molar-refractivity contribution is -0.128. The second-order valence-corrected chi connectivity index (χ2v) is 11.2. The number of carbonyl (C=O) groups is 1. The van der Waals surface area contributed by atoms with Gasteiger partial charge in [-0.2, -0.15) is 0 Å². The zero-order valence-electron chi connectivity index (χ0n) is 20.1. The van der Waals surface area contributed by atoms with E-state index in [1.54, 1.807) is 37.3 Å². The van der Waals surface area contributed by atoms with Crippen molar-refractivity contribution < 1.29 is 22.5 Å². The molecule has 3 aromatic rings. The Morgan fingerprint density at radius 3 is 2.71 bits per heavy atom. The van der Waals surface area contributed by atoms with E-state index in [9.17, 15) is 17.8 Å². The Kier molecular flexibility index (Phi) is 7.14. The Morgan fingerprint density at radius 1 is 1.26 bits per heavy atom. The molecule has 1 unspecified atom stereocenters. The van der Waals surface area contributed by atoms with Gasteiger partial charge in [0.05, 0.1) is 22.9 Å². The van der Waals surface area contributed by atoms with E-state index in [1.807, 2.05) is 30.3 Å². The maximum Gasteiger partial charge on any atom is 0.266 e. The first-order valence-corrected chi connectivity index (χ1v) is 13.3. The van der Waals surface area contributed by atoms with Crippen molar-refractivity contribution in [2.75, 3.05) is 58.1 Å². The van der Waals surface area contributed by atoms with Crippen LogP contribution in [0, 0.1) is 0 Å². The van der Waals surface area contributed by atoms with Crippen molar-refractivity contribution >= 4 is 32.2 Å². The molecule has 1 aromatic heterocycles. The van der Waals surface area contributed by atoms with Crippen molar-refractivity contribution in [3.8, 4) is 11.3 Å². The van der Waals surface area contributed by atoms with Crippen LogP contribution in [0.25, 0.3) is 22.2 Å². The number of amides is 1. The normalized spacial score (nSPS) is 16.9. The molecule has 35 heavy (non-hydrogen) atoms. The second-order valence-electron chi connectivity index (χ2n) is 8.87. The van der Waals surface area contributed by atoms with E-state index >= 15 is 0 Å². The van der Waals surface area contributed by atoms with E-state index in [-0.39, 0.29) is 32.0 Å². The van der Waals surface area contributed by atoms with Crippen molar-refractivity contribution in [1.82, 2.24) is 9.88 Å². The number of alkyl halides is 2. The average Bonchev–Trinajstić information content (AvgIpc) is 3.43. The molecule has 1 atom stereocenters. The molecule has 0 radical (unpaired) electrons. The summed E-state index contributed by atoms with van der Waals surface area (Å²) in [7, 11) is 0.279. The molecule has 1 fully saturated rings. The predicted octanol–water partition coefficient (Wildman–Crippen LogP) is 4.24. The summed E-state index contributed by atoms with van der Waals surface area (Å²) >= 11 is 0. The first-order valence-electron chi connectivity index (χ1n) is 11.4. The maximum atomic E-state index is 14.0. The number of nitrogens with one attached hydrogen (secondary N) is 1. The number of halogens is 2. The first kappa shape index (κ1) is 25.1. The summed E-state index contributed by atoms with van der Waals surface area (Å²) in [5.41, 5.74) is 2.97. The van der Waals surface area contributed by atoms with Crippen LogP contribution in [-0.4, -0.2) is 79.1 Å². The number of methoxy groups -OCH3 is 1. The molecule has 0 aliphatic carbocycles. The van der Waals surface area contributed by atoms with Crippen LogP contribution >= 0.6 is 0 Å². The Bertz CT molecular complexity index is 1310. The number of benzene rings is 2. The molecule has 7 nitrogen and oxygen atoms in total. The molecule has 2 aromatic carbocycles. The molecule has 10 heteroatoms. The number of nitrogens with zero attached hydrogens (tertiary/aromatic N) is 3. The average molecular weight is 505 g/mol. The topological polar surface area (TPSA) is 78.0 Å². The summed E-state index contributed by atoms with van der Waals surface area (Å²) in [4.78, 5) is 19.3. The number of likely N-dealkylation sites (N-methyl/N-ethyl adjacent to an activating group) is 1. The highest BCUT2D eigenvalue weighted by Crippen LogP contribution is 2.39. The van der Waals surface area contributed by atoms with Crippen LogP contribution in [0.4, 0.5) is 14.5 Å². The van der Waals surface area contributed by atoms with Gasteiger partial charge in [-0.3, -0.25) is 4.79 Å². The van der Waals surface area contributed by atoms with Crippen LogP contribution in [0.3, 0.4) is 0 Å². The summed E-state index contributed by atoms with van der Waals surface area (Å²) in [6, 6.07) is 14.8. The largest absolute Gasteiger partial charge is 0.383 e. The van der Waals surface area contributed by atoms with Gasteiger partial charge >= 0.3 is 0 Å². The molecule has 1 aliphatic heterocycles. The molecule has 1 N–H and O–H groups in total. The number of rotatable bonds is 8. The Morgan fingerprint density at radius 2 is 2.03 bits per heavy atom. The molecular weight excluding hydrogens is 474 g/mol. The summed E-state index contributed by atoms with van der Waals surface area (Å²) in [6.07, 6.45) is 1.28. The summed E-state index contributed by atoms with van der Waals surface area (Å²) < 4.78 is 50.8. The van der Waals surface area contributed by atoms with Crippen molar-refractivity contribution in [2.45, 2.75) is 17.2 Å². The molecule has 0 spiro atoms. The molecule has 0 saturated carbocycles. The third kappa shape index (κ3) is 5.65. The Balaban J connectivity index is 1.72. The Hall–Kier alpha value is -2.98. The SMILES string of the molecule is COCCN(C)C(=O)CN=S(C)(=O)c1ccc(N2CCC(F)(F)C2)c(-c2cc3ccccc3[nH]2)c1. The number of aromatic amines is 1. The number of aromatic nitrogens is 1. The van der Waals surface area contributed by atoms with E-state index in [0.717, 1.165) is 16.6 Å². The van der Waals surface area contributed by atoms with Gasteiger partial charge in [-0.1, -0.05) is 18.2 Å². The van der Waals surface area contributed by atoms with Gasteiger partial charge in [-0.05, 0) is 30.3 Å². The van der Waals surface area contributed by atoms with Crippen molar-refractivity contribution in [3.05, 3.63) is 48.5 Å². The van der Waals surface area contributed by atoms with Gasteiger partial charge in [-0.25, -0.2) is 17.4 Å². The van der Waals surface area contributed by atoms with E-state index in [1.165, 1.54) is 11.2 Å². The molecule has 1 amide bonds. The molecule has 2 heterocycles. The molecule has 1 saturated heterocycles. The molecule has 0 bridgehead atoms. The number of fused-ring (bicyclic) bond motifs is 1. The van der Waals surface area contributed by atoms with Crippen LogP contribution in [0.15, 0.2) is 57.8 Å². The summed E-state index contributed by atoms with van der Waals surface area (Å²) in [6.45, 7) is 0.447. The van der Waals surface area contributed by atoms with Gasteiger partial charge < -0.3 is 19.5 Å². The van der Waals surface area contributed by atoms with Crippen molar-refractivity contribution in [3.63, 3.8) is 0 Å². The second kappa shape index (κ2) is 9.94. The lowest BCUT2D eigenvalue weighted by atomic mass is 10.1. The minimum Gasteiger partial charge on any atom is -0.383 e. The first-order chi connectivity index (χ1) is 16.6. The molecule has 188 valence electrons. The van der Waals surface area contributed by atoms with Crippen molar-refractivity contribution in [2.24, 2.45) is 4.36 Å². The quantitative estimate of drug-likeness (QED) is 0.498. The highest BCUT2D eigenvalue weighted by molar-refractivity contribution is 7.93. The van der Waals surface area contributed by atoms with E-state index in [2.05, 4.69) is 9.35 Å². The number of hydrogen-bond donors (Lipinski definition) is 1. The van der Waals surface area contributed by atoms with Gasteiger partial charge in [0, 0.05) is 72.7 Å². The number of hydrogen-bond acceptors (Lipinski definition) is 5. The number of anilines is 1. The van der Waals surface area contributed by atoms with Crippen LogP contribution in [-0.2, 0) is 19.3 Å². The standard InChI is InChI=1S/C25H30F2N4O3S/c1-30(12-13-34-2)24(32)16-28-35(3,33)19-8-9-23(31-11-10-25(26,27)17-31)20(15-19)22-14-18-6-4-5-7-21(18)29-22/h4-9,14-15,29H,10-13,16-17H2,1-3H3. The number of ether oxygens (including phenoxy) is 1. The third-order valence-electron chi connectivity index (χ3n) is 6.24. The lowest BCUT2D eigenvalue weighted by Gasteiger charge is -2.22. The zero-order chi connectivity index (χ0) is 25.2. The molecule has 4 rings (SSSR count). The number of H-pyrrole nitrogens is 1. The van der Waals surface area contributed by atoms with Crippen LogP contribution in [0.5, 0.6) is 0 Å². The molecule has 1 aliphatic rings. The Labute approximate surface area is 204 Å². The van der Waals surface area contributed by atoms with Gasteiger partial charge in [0.2, 0.25) is 5.91 Å². The van der Waals surface area contributed by atoms with E-state index < -0.39 is 15.7 Å². The smallest absolute Gasteiger partial charge is 0.266 e.